The molecule has 0 bridgehead atoms. The molecule has 0 aliphatic heterocycles. The average Bonchev–Trinajstić information content (AvgIpc) is 2.83. The Morgan fingerprint density at radius 3 is 1.06 bits per heavy atom. The van der Waals surface area contributed by atoms with E-state index in [1.807, 2.05) is 0 Å². The first kappa shape index (κ1) is 35.1. The highest BCUT2D eigenvalue weighted by Gasteiger charge is 2.25. The number of quaternary nitrogens is 1. The van der Waals surface area contributed by atoms with E-state index in [2.05, 4.69) is 46.9 Å². The van der Waals surface area contributed by atoms with Gasteiger partial charge in [-0.25, -0.2) is 0 Å². The molecule has 0 saturated heterocycles. The molecule has 0 aromatic rings. The van der Waals surface area contributed by atoms with Crippen LogP contribution < -0.4 is 5.32 Å². The number of nitrogens with one attached hydrogen (secondary N) is 1. The van der Waals surface area contributed by atoms with Crippen molar-refractivity contribution in [3.05, 3.63) is 0 Å². The van der Waals surface area contributed by atoms with Gasteiger partial charge in [-0.05, 0) is 64.5 Å². The predicted molar refractivity (Wildman–Crippen MR) is 154 cm³/mol. The lowest BCUT2D eigenvalue weighted by atomic mass is 10.1. The number of hydrogen-bond acceptors (Lipinski definition) is 1. The highest BCUT2D eigenvalue weighted by atomic mass is 15.3. The summed E-state index contributed by atoms with van der Waals surface area (Å²) in [5.41, 5.74) is 0. The summed E-state index contributed by atoms with van der Waals surface area (Å²) < 4.78 is 1.45. The zero-order valence-electron chi connectivity index (χ0n) is 24.6. The van der Waals surface area contributed by atoms with Gasteiger partial charge in [-0.3, -0.25) is 0 Å². The Hall–Kier alpha value is -0.0800. The van der Waals surface area contributed by atoms with Crippen molar-refractivity contribution in [1.82, 2.24) is 5.32 Å². The van der Waals surface area contributed by atoms with Gasteiger partial charge in [-0.2, -0.15) is 0 Å². The van der Waals surface area contributed by atoms with Crippen molar-refractivity contribution in [1.29, 1.82) is 0 Å². The molecule has 0 fully saturated rings. The molecule has 0 amide bonds. The molecule has 0 unspecified atom stereocenters. The van der Waals surface area contributed by atoms with E-state index in [-0.39, 0.29) is 0 Å². The van der Waals surface area contributed by atoms with Crippen LogP contribution in [-0.2, 0) is 0 Å². The molecule has 0 rings (SSSR count). The molecular formula is C31H69N2+. The van der Waals surface area contributed by atoms with Crippen LogP contribution in [0.3, 0.4) is 0 Å². The van der Waals surface area contributed by atoms with Crippen molar-refractivity contribution >= 4 is 0 Å². The highest BCUT2D eigenvalue weighted by molar-refractivity contribution is 4.52. The first-order valence-electron chi connectivity index (χ1n) is 15.7. The molecule has 2 nitrogen and oxygen atoms in total. The van der Waals surface area contributed by atoms with Crippen molar-refractivity contribution in [3.63, 3.8) is 0 Å². The van der Waals surface area contributed by atoms with Gasteiger partial charge in [0, 0.05) is 0 Å². The summed E-state index contributed by atoms with van der Waals surface area (Å²) in [6, 6.07) is 0. The molecule has 0 aliphatic rings. The van der Waals surface area contributed by atoms with Gasteiger partial charge in [0.2, 0.25) is 0 Å². The maximum absolute atomic E-state index is 3.33. The molecule has 0 radical (unpaired) electrons. The van der Waals surface area contributed by atoms with Crippen LogP contribution >= 0.6 is 0 Å². The summed E-state index contributed by atoms with van der Waals surface area (Å²) in [6.07, 6.45) is 26.8. The Kier molecular flexibility index (Phi) is 31.8. The van der Waals surface area contributed by atoms with Crippen LogP contribution in [0.4, 0.5) is 0 Å². The molecule has 0 saturated carbocycles. The highest BCUT2D eigenvalue weighted by Crippen LogP contribution is 2.18. The van der Waals surface area contributed by atoms with E-state index >= 15 is 0 Å². The van der Waals surface area contributed by atoms with Gasteiger partial charge in [0.1, 0.15) is 0 Å². The Labute approximate surface area is 212 Å². The number of rotatable bonds is 25. The summed E-state index contributed by atoms with van der Waals surface area (Å²) in [4.78, 5) is 0. The van der Waals surface area contributed by atoms with Gasteiger partial charge >= 0.3 is 0 Å². The van der Waals surface area contributed by atoms with E-state index in [0.717, 1.165) is 6.54 Å². The van der Waals surface area contributed by atoms with Gasteiger partial charge in [0.25, 0.3) is 0 Å². The second-order valence-corrected chi connectivity index (χ2v) is 10.5. The van der Waals surface area contributed by atoms with Gasteiger partial charge in [-0.1, -0.05) is 112 Å². The van der Waals surface area contributed by atoms with Gasteiger partial charge < -0.3 is 9.80 Å². The minimum Gasteiger partial charge on any atom is -0.324 e. The minimum atomic E-state index is 1.12. The van der Waals surface area contributed by atoms with Crippen LogP contribution in [0, 0.1) is 0 Å². The number of unbranched alkanes of at least 4 members (excludes halogenated alkanes) is 14. The quantitative estimate of drug-likeness (QED) is 0.104. The molecule has 0 aliphatic carbocycles. The Balaban J connectivity index is 0. The first-order chi connectivity index (χ1) is 16.2. The third-order valence-corrected chi connectivity index (χ3v) is 7.15. The summed E-state index contributed by atoms with van der Waals surface area (Å²) >= 11 is 0. The maximum Gasteiger partial charge on any atom is 0.0786 e. The number of hydrogen-bond donors (Lipinski definition) is 1. The smallest absolute Gasteiger partial charge is 0.0786 e. The van der Waals surface area contributed by atoms with Crippen molar-refractivity contribution in [3.8, 4) is 0 Å². The summed E-state index contributed by atoms with van der Waals surface area (Å²) in [7, 11) is 0. The Morgan fingerprint density at radius 2 is 0.697 bits per heavy atom. The van der Waals surface area contributed by atoms with Gasteiger partial charge in [-0.15, -0.1) is 0 Å². The summed E-state index contributed by atoms with van der Waals surface area (Å²) in [5.74, 6) is 0. The predicted octanol–water partition coefficient (Wildman–Crippen LogP) is 9.91. The summed E-state index contributed by atoms with van der Waals surface area (Å²) in [6.45, 7) is 21.9. The van der Waals surface area contributed by atoms with E-state index in [9.17, 15) is 0 Å². The van der Waals surface area contributed by atoms with Crippen molar-refractivity contribution in [2.45, 2.75) is 164 Å². The van der Waals surface area contributed by atoms with Crippen LogP contribution in [-0.4, -0.2) is 43.8 Å². The Morgan fingerprint density at radius 1 is 0.364 bits per heavy atom. The van der Waals surface area contributed by atoms with Crippen LogP contribution in [0.1, 0.15) is 164 Å². The Bertz CT molecular complexity index is 290. The molecule has 0 aromatic carbocycles. The van der Waals surface area contributed by atoms with Crippen molar-refractivity contribution < 1.29 is 4.48 Å². The molecule has 0 atom stereocenters. The van der Waals surface area contributed by atoms with Crippen LogP contribution in [0.2, 0.25) is 0 Å². The number of nitrogens with zero attached hydrogens (tertiary/aromatic N) is 1. The van der Waals surface area contributed by atoms with E-state index in [4.69, 9.17) is 0 Å². The SMILES string of the molecule is CCCCCCCNCC.CCCCCC[N+](CCCC)(CCCCCC)CCCCCC. The average molecular weight is 470 g/mol. The zero-order valence-corrected chi connectivity index (χ0v) is 24.6. The fraction of sp³-hybridized carbons (Fsp3) is 1.00. The van der Waals surface area contributed by atoms with Gasteiger partial charge in [0.15, 0.2) is 0 Å². The van der Waals surface area contributed by atoms with E-state index in [1.165, 1.54) is 159 Å². The fourth-order valence-electron chi connectivity index (χ4n) is 4.82. The minimum absolute atomic E-state index is 1.12. The monoisotopic (exact) mass is 470 g/mol. The molecular weight excluding hydrogens is 400 g/mol. The molecule has 33 heavy (non-hydrogen) atoms. The topological polar surface area (TPSA) is 12.0 Å². The second-order valence-electron chi connectivity index (χ2n) is 10.5. The molecule has 1 N–H and O–H groups in total. The van der Waals surface area contributed by atoms with Crippen molar-refractivity contribution in [2.75, 3.05) is 39.3 Å². The van der Waals surface area contributed by atoms with Crippen LogP contribution in [0.5, 0.6) is 0 Å². The van der Waals surface area contributed by atoms with E-state index in [0.29, 0.717) is 0 Å². The summed E-state index contributed by atoms with van der Waals surface area (Å²) in [5, 5.41) is 3.33. The van der Waals surface area contributed by atoms with Crippen LogP contribution in [0.25, 0.3) is 0 Å². The molecule has 0 heterocycles. The molecule has 2 heteroatoms. The lowest BCUT2D eigenvalue weighted by Crippen LogP contribution is -2.50. The lowest BCUT2D eigenvalue weighted by molar-refractivity contribution is -0.929. The third-order valence-electron chi connectivity index (χ3n) is 7.15. The van der Waals surface area contributed by atoms with E-state index < -0.39 is 0 Å². The van der Waals surface area contributed by atoms with Crippen LogP contribution in [0.15, 0.2) is 0 Å². The first-order valence-corrected chi connectivity index (χ1v) is 15.7. The molecule has 202 valence electrons. The standard InChI is InChI=1S/C22H48N.C9H21N/c1-5-9-13-16-20-23(19-12-8-4,21-17-14-10-6-2)22-18-15-11-7-3;1-3-5-6-7-8-9-10-4-2/h5-22H2,1-4H3;10H,3-9H2,1-2H3/q+1;. The zero-order chi connectivity index (χ0) is 24.9. The maximum atomic E-state index is 3.33. The van der Waals surface area contributed by atoms with E-state index in [1.54, 1.807) is 0 Å². The van der Waals surface area contributed by atoms with Crippen molar-refractivity contribution in [2.24, 2.45) is 0 Å². The molecule has 0 spiro atoms. The fourth-order valence-corrected chi connectivity index (χ4v) is 4.82. The lowest BCUT2D eigenvalue weighted by Gasteiger charge is -2.39. The van der Waals surface area contributed by atoms with Gasteiger partial charge in [0.05, 0.1) is 26.2 Å². The largest absolute Gasteiger partial charge is 0.324 e. The second kappa shape index (κ2) is 30.0. The third kappa shape index (κ3) is 26.4. The molecule has 0 aromatic heterocycles. The normalized spacial score (nSPS) is 11.5.